The molecule has 2 aromatic rings. The first-order valence-corrected chi connectivity index (χ1v) is 8.55. The van der Waals surface area contributed by atoms with Gasteiger partial charge in [-0.05, 0) is 30.7 Å². The van der Waals surface area contributed by atoms with Crippen LogP contribution in [-0.2, 0) is 0 Å². The van der Waals surface area contributed by atoms with Gasteiger partial charge in [0.2, 0.25) is 0 Å². The van der Waals surface area contributed by atoms with E-state index in [0.717, 1.165) is 19.0 Å². The molecule has 4 nitrogen and oxygen atoms in total. The summed E-state index contributed by atoms with van der Waals surface area (Å²) in [5.41, 5.74) is 0.699. The number of carbonyl (C=O) groups excluding carboxylic acids is 1. The third kappa shape index (κ3) is 3.57. The number of methoxy groups -OCH3 is 1. The lowest BCUT2D eigenvalue weighted by Gasteiger charge is -2.33. The van der Waals surface area contributed by atoms with Gasteiger partial charge in [-0.15, -0.1) is 11.3 Å². The number of hydrogen-bond acceptors (Lipinski definition) is 4. The molecule has 1 aliphatic rings. The summed E-state index contributed by atoms with van der Waals surface area (Å²) < 4.78 is 31.8. The second-order valence-corrected chi connectivity index (χ2v) is 6.61. The molecular weight excluding hydrogens is 334 g/mol. The average Bonchev–Trinajstić information content (AvgIpc) is 3.07. The predicted octanol–water partition coefficient (Wildman–Crippen LogP) is 2.91. The monoisotopic (exact) mass is 352 g/mol. The van der Waals surface area contributed by atoms with E-state index in [-0.39, 0.29) is 17.9 Å². The van der Waals surface area contributed by atoms with Gasteiger partial charge in [-0.25, -0.2) is 8.78 Å². The molecule has 1 fully saturated rings. The second kappa shape index (κ2) is 7.27. The minimum absolute atomic E-state index is 0.0628. The first-order chi connectivity index (χ1) is 11.6. The maximum Gasteiger partial charge on any atom is 0.261 e. The van der Waals surface area contributed by atoms with Crippen LogP contribution < -0.4 is 15.4 Å². The number of carbonyl (C=O) groups is 1. The summed E-state index contributed by atoms with van der Waals surface area (Å²) in [5.74, 6) is -1.33. The third-order valence-corrected chi connectivity index (χ3v) is 5.11. The van der Waals surface area contributed by atoms with Crippen LogP contribution in [-0.4, -0.2) is 32.1 Å². The highest BCUT2D eigenvalue weighted by atomic mass is 32.1. The summed E-state index contributed by atoms with van der Waals surface area (Å²) >= 11 is 1.31. The molecule has 24 heavy (non-hydrogen) atoms. The summed E-state index contributed by atoms with van der Waals surface area (Å²) in [6.07, 6.45) is 0.740. The zero-order valence-electron chi connectivity index (χ0n) is 13.1. The van der Waals surface area contributed by atoms with Crippen molar-refractivity contribution >= 4 is 17.2 Å². The van der Waals surface area contributed by atoms with Gasteiger partial charge in [0.05, 0.1) is 12.0 Å². The molecule has 128 valence electrons. The summed E-state index contributed by atoms with van der Waals surface area (Å²) in [5, 5.41) is 7.99. The number of amides is 1. The Kier molecular flexibility index (Phi) is 5.11. The number of benzene rings is 1. The number of piperidine rings is 1. The van der Waals surface area contributed by atoms with Gasteiger partial charge in [0, 0.05) is 30.0 Å². The van der Waals surface area contributed by atoms with Gasteiger partial charge < -0.3 is 15.4 Å². The Morgan fingerprint density at radius 3 is 2.88 bits per heavy atom. The standard InChI is InChI=1S/C17H18F2N2O2S/c1-23-11-7-16(24-9-11)17(22)21-15-8-20-5-4-12(15)10-2-3-13(18)14(19)6-10/h2-3,6-7,9,12,15,20H,4-5,8H2,1H3,(H,21,22). The van der Waals surface area contributed by atoms with Gasteiger partial charge in [-0.1, -0.05) is 6.07 Å². The van der Waals surface area contributed by atoms with Crippen molar-refractivity contribution in [1.82, 2.24) is 10.6 Å². The minimum atomic E-state index is -0.862. The van der Waals surface area contributed by atoms with Crippen LogP contribution >= 0.6 is 11.3 Å². The SMILES string of the molecule is COc1csc(C(=O)NC2CNCCC2c2ccc(F)c(F)c2)c1. The highest BCUT2D eigenvalue weighted by Gasteiger charge is 2.29. The minimum Gasteiger partial charge on any atom is -0.496 e. The fourth-order valence-electron chi connectivity index (χ4n) is 2.94. The molecule has 1 aliphatic heterocycles. The predicted molar refractivity (Wildman–Crippen MR) is 88.7 cm³/mol. The third-order valence-electron chi connectivity index (χ3n) is 4.21. The molecule has 0 saturated carbocycles. The van der Waals surface area contributed by atoms with Crippen molar-refractivity contribution in [3.05, 3.63) is 51.7 Å². The summed E-state index contributed by atoms with van der Waals surface area (Å²) in [6, 6.07) is 5.43. The zero-order valence-corrected chi connectivity index (χ0v) is 14.0. The van der Waals surface area contributed by atoms with Crippen molar-refractivity contribution in [2.24, 2.45) is 0 Å². The maximum absolute atomic E-state index is 13.5. The average molecular weight is 352 g/mol. The molecule has 1 aromatic heterocycles. The number of thiophene rings is 1. The molecule has 2 unspecified atom stereocenters. The normalized spacial score (nSPS) is 20.6. The Labute approximate surface area is 142 Å². The molecule has 1 amide bonds. The van der Waals surface area contributed by atoms with Gasteiger partial charge in [0.1, 0.15) is 5.75 Å². The molecular formula is C17H18F2N2O2S. The van der Waals surface area contributed by atoms with Crippen molar-refractivity contribution in [3.8, 4) is 5.75 Å². The van der Waals surface area contributed by atoms with E-state index in [0.29, 0.717) is 22.7 Å². The van der Waals surface area contributed by atoms with Crippen LogP contribution in [0.2, 0.25) is 0 Å². The van der Waals surface area contributed by atoms with Gasteiger partial charge in [0.25, 0.3) is 5.91 Å². The fourth-order valence-corrected chi connectivity index (χ4v) is 3.69. The first-order valence-electron chi connectivity index (χ1n) is 7.67. The van der Waals surface area contributed by atoms with Crippen molar-refractivity contribution in [2.75, 3.05) is 20.2 Å². The second-order valence-electron chi connectivity index (χ2n) is 5.70. The van der Waals surface area contributed by atoms with Crippen molar-refractivity contribution < 1.29 is 18.3 Å². The number of hydrogen-bond donors (Lipinski definition) is 2. The summed E-state index contributed by atoms with van der Waals surface area (Å²) in [4.78, 5) is 13.0. The van der Waals surface area contributed by atoms with E-state index >= 15 is 0 Å². The van der Waals surface area contributed by atoms with Crippen LogP contribution in [0.25, 0.3) is 0 Å². The van der Waals surface area contributed by atoms with E-state index in [9.17, 15) is 13.6 Å². The molecule has 0 radical (unpaired) electrons. The molecule has 1 aromatic carbocycles. The Balaban J connectivity index is 1.76. The lowest BCUT2D eigenvalue weighted by Crippen LogP contribution is -2.49. The fraction of sp³-hybridized carbons (Fsp3) is 0.353. The van der Waals surface area contributed by atoms with E-state index in [2.05, 4.69) is 10.6 Å². The van der Waals surface area contributed by atoms with Crippen LogP contribution in [0.15, 0.2) is 29.6 Å². The highest BCUT2D eigenvalue weighted by Crippen LogP contribution is 2.28. The van der Waals surface area contributed by atoms with E-state index in [1.165, 1.54) is 17.4 Å². The van der Waals surface area contributed by atoms with Crippen molar-refractivity contribution in [1.29, 1.82) is 0 Å². The zero-order chi connectivity index (χ0) is 17.1. The highest BCUT2D eigenvalue weighted by molar-refractivity contribution is 7.12. The van der Waals surface area contributed by atoms with Crippen LogP contribution in [0.4, 0.5) is 8.78 Å². The maximum atomic E-state index is 13.5. The summed E-state index contributed by atoms with van der Waals surface area (Å²) in [6.45, 7) is 1.35. The van der Waals surface area contributed by atoms with Crippen molar-refractivity contribution in [2.45, 2.75) is 18.4 Å². The number of halogens is 2. The van der Waals surface area contributed by atoms with E-state index < -0.39 is 11.6 Å². The smallest absolute Gasteiger partial charge is 0.261 e. The van der Waals surface area contributed by atoms with Gasteiger partial charge in [0.15, 0.2) is 11.6 Å². The molecule has 2 atom stereocenters. The lowest BCUT2D eigenvalue weighted by molar-refractivity contribution is 0.0928. The number of ether oxygens (including phenoxy) is 1. The molecule has 0 spiro atoms. The molecule has 0 aliphatic carbocycles. The number of rotatable bonds is 4. The largest absolute Gasteiger partial charge is 0.496 e. The first kappa shape index (κ1) is 16.9. The van der Waals surface area contributed by atoms with Gasteiger partial charge >= 0.3 is 0 Å². The molecule has 2 N–H and O–H groups in total. The Morgan fingerprint density at radius 2 is 2.17 bits per heavy atom. The van der Waals surface area contributed by atoms with Crippen LogP contribution in [0.1, 0.15) is 27.6 Å². The lowest BCUT2D eigenvalue weighted by atomic mass is 9.86. The topological polar surface area (TPSA) is 50.4 Å². The van der Waals surface area contributed by atoms with Gasteiger partial charge in [-0.3, -0.25) is 4.79 Å². The van der Waals surface area contributed by atoms with Crippen LogP contribution in [0, 0.1) is 11.6 Å². The summed E-state index contributed by atoms with van der Waals surface area (Å²) in [7, 11) is 1.55. The van der Waals surface area contributed by atoms with Crippen molar-refractivity contribution in [3.63, 3.8) is 0 Å². The Hall–Kier alpha value is -1.99. The van der Waals surface area contributed by atoms with E-state index in [4.69, 9.17) is 4.74 Å². The van der Waals surface area contributed by atoms with E-state index in [1.54, 1.807) is 24.6 Å². The van der Waals surface area contributed by atoms with Gasteiger partial charge in [-0.2, -0.15) is 0 Å². The van der Waals surface area contributed by atoms with Crippen LogP contribution in [0.5, 0.6) is 5.75 Å². The Bertz CT molecular complexity index is 735. The molecule has 3 rings (SSSR count). The van der Waals surface area contributed by atoms with Crippen LogP contribution in [0.3, 0.4) is 0 Å². The van der Waals surface area contributed by atoms with E-state index in [1.807, 2.05) is 0 Å². The molecule has 1 saturated heterocycles. The molecule has 2 heterocycles. The molecule has 7 heteroatoms. The Morgan fingerprint density at radius 1 is 1.33 bits per heavy atom. The quantitative estimate of drug-likeness (QED) is 0.890. The molecule has 0 bridgehead atoms. The number of nitrogens with one attached hydrogen (secondary N) is 2.